The van der Waals surface area contributed by atoms with Gasteiger partial charge in [0.15, 0.2) is 6.71 Å². The van der Waals surface area contributed by atoms with Crippen molar-refractivity contribution in [1.29, 1.82) is 0 Å². The van der Waals surface area contributed by atoms with Crippen LogP contribution in [0.2, 0.25) is 13.6 Å². The number of nitrogens with zero attached hydrogens (tertiary/aromatic N) is 1. The molecular formula is C12H14BFN2O. The van der Waals surface area contributed by atoms with Crippen molar-refractivity contribution in [3.63, 3.8) is 0 Å². The molecule has 0 saturated heterocycles. The van der Waals surface area contributed by atoms with Crippen LogP contribution in [-0.4, -0.2) is 16.9 Å². The average molecular weight is 232 g/mol. The van der Waals surface area contributed by atoms with E-state index in [4.69, 9.17) is 4.74 Å². The Balaban J connectivity index is 2.05. The van der Waals surface area contributed by atoms with Gasteiger partial charge in [0.25, 0.3) is 0 Å². The molecule has 0 aliphatic carbocycles. The van der Waals surface area contributed by atoms with E-state index in [2.05, 4.69) is 10.2 Å². The number of hydrogen-bond acceptors (Lipinski definition) is 2. The zero-order valence-electron chi connectivity index (χ0n) is 9.90. The number of ether oxygens (including phenoxy) is 1. The highest BCUT2D eigenvalue weighted by Crippen LogP contribution is 2.13. The SMILES string of the molecule is CB(C)c1ccc(OCc2ccn[nH]2)cc1F. The molecule has 17 heavy (non-hydrogen) atoms. The third-order valence-electron chi connectivity index (χ3n) is 2.55. The molecule has 5 heteroatoms. The number of benzene rings is 1. The quantitative estimate of drug-likeness (QED) is 0.819. The van der Waals surface area contributed by atoms with Crippen molar-refractivity contribution in [2.75, 3.05) is 0 Å². The highest BCUT2D eigenvalue weighted by atomic mass is 19.1. The summed E-state index contributed by atoms with van der Waals surface area (Å²) < 4.78 is 19.1. The molecule has 2 aromatic rings. The standard InChI is InChI=1S/C12H14BFN2O/c1-13(2)11-4-3-10(7-12(11)14)17-8-9-5-6-15-16-9/h3-7H,8H2,1-2H3,(H,15,16). The highest BCUT2D eigenvalue weighted by Gasteiger charge is 2.10. The molecule has 88 valence electrons. The van der Waals surface area contributed by atoms with Gasteiger partial charge in [-0.1, -0.05) is 19.7 Å². The Kier molecular flexibility index (Phi) is 3.47. The Morgan fingerprint density at radius 3 is 2.76 bits per heavy atom. The molecule has 1 aromatic heterocycles. The van der Waals surface area contributed by atoms with Crippen LogP contribution in [0.5, 0.6) is 5.75 Å². The van der Waals surface area contributed by atoms with Crippen molar-refractivity contribution >= 4 is 12.2 Å². The molecule has 0 unspecified atom stereocenters. The van der Waals surface area contributed by atoms with Gasteiger partial charge in [0, 0.05) is 12.3 Å². The van der Waals surface area contributed by atoms with Crippen LogP contribution in [0.25, 0.3) is 0 Å². The molecule has 0 radical (unpaired) electrons. The molecule has 0 aliphatic rings. The summed E-state index contributed by atoms with van der Waals surface area (Å²) in [6, 6.07) is 6.79. The number of hydrogen-bond donors (Lipinski definition) is 1. The number of halogens is 1. The second-order valence-electron chi connectivity index (χ2n) is 4.21. The molecule has 0 saturated carbocycles. The van der Waals surface area contributed by atoms with Gasteiger partial charge < -0.3 is 4.74 Å². The molecule has 2 rings (SSSR count). The fraction of sp³-hybridized carbons (Fsp3) is 0.250. The van der Waals surface area contributed by atoms with Crippen LogP contribution in [0, 0.1) is 5.82 Å². The van der Waals surface area contributed by atoms with E-state index < -0.39 is 0 Å². The highest BCUT2D eigenvalue weighted by molar-refractivity contribution is 6.70. The lowest BCUT2D eigenvalue weighted by molar-refractivity contribution is 0.300. The average Bonchev–Trinajstić information content (AvgIpc) is 2.78. The van der Waals surface area contributed by atoms with Crippen molar-refractivity contribution in [3.8, 4) is 5.75 Å². The molecule has 0 atom stereocenters. The van der Waals surface area contributed by atoms with Gasteiger partial charge in [0.1, 0.15) is 18.2 Å². The van der Waals surface area contributed by atoms with Crippen LogP contribution in [0.4, 0.5) is 4.39 Å². The molecule has 0 spiro atoms. The minimum Gasteiger partial charge on any atom is -0.487 e. The van der Waals surface area contributed by atoms with Gasteiger partial charge in [0.2, 0.25) is 0 Å². The number of aromatic amines is 1. The summed E-state index contributed by atoms with van der Waals surface area (Å²) in [5.41, 5.74) is 1.57. The molecule has 0 aliphatic heterocycles. The topological polar surface area (TPSA) is 37.9 Å². The minimum atomic E-state index is -0.220. The Labute approximate surface area is 100 Å². The van der Waals surface area contributed by atoms with E-state index >= 15 is 0 Å². The number of aromatic nitrogens is 2. The molecule has 1 heterocycles. The molecule has 1 N–H and O–H groups in total. The summed E-state index contributed by atoms with van der Waals surface area (Å²) >= 11 is 0. The third kappa shape index (κ3) is 2.87. The summed E-state index contributed by atoms with van der Waals surface area (Å²) in [5, 5.41) is 6.59. The molecule has 0 fully saturated rings. The lowest BCUT2D eigenvalue weighted by Crippen LogP contribution is -2.25. The zero-order chi connectivity index (χ0) is 12.3. The predicted octanol–water partition coefficient (Wildman–Crippen LogP) is 2.09. The maximum absolute atomic E-state index is 13.7. The maximum Gasteiger partial charge on any atom is 0.173 e. The van der Waals surface area contributed by atoms with Crippen molar-refractivity contribution in [3.05, 3.63) is 42.0 Å². The zero-order valence-corrected chi connectivity index (χ0v) is 9.90. The summed E-state index contributed by atoms with van der Waals surface area (Å²) in [4.78, 5) is 0. The van der Waals surface area contributed by atoms with E-state index in [1.165, 1.54) is 6.07 Å². The Hall–Kier alpha value is -1.78. The lowest BCUT2D eigenvalue weighted by atomic mass is 9.49. The van der Waals surface area contributed by atoms with Crippen LogP contribution < -0.4 is 10.2 Å². The van der Waals surface area contributed by atoms with Gasteiger partial charge in [-0.2, -0.15) is 5.10 Å². The largest absolute Gasteiger partial charge is 0.487 e. The second-order valence-corrected chi connectivity index (χ2v) is 4.21. The Morgan fingerprint density at radius 2 is 2.18 bits per heavy atom. The van der Waals surface area contributed by atoms with E-state index in [1.54, 1.807) is 18.3 Å². The third-order valence-corrected chi connectivity index (χ3v) is 2.55. The number of H-pyrrole nitrogens is 1. The smallest absolute Gasteiger partial charge is 0.173 e. The second kappa shape index (κ2) is 5.04. The summed E-state index contributed by atoms with van der Waals surface area (Å²) in [6.07, 6.45) is 1.65. The van der Waals surface area contributed by atoms with Crippen LogP contribution in [-0.2, 0) is 6.61 Å². The Bertz CT molecular complexity index is 485. The van der Waals surface area contributed by atoms with E-state index in [-0.39, 0.29) is 12.5 Å². The van der Waals surface area contributed by atoms with Crippen LogP contribution in [0.1, 0.15) is 5.69 Å². The van der Waals surface area contributed by atoms with E-state index in [0.717, 1.165) is 5.69 Å². The van der Waals surface area contributed by atoms with Crippen LogP contribution >= 0.6 is 0 Å². The van der Waals surface area contributed by atoms with E-state index in [1.807, 2.05) is 19.7 Å². The van der Waals surface area contributed by atoms with Crippen molar-refractivity contribution < 1.29 is 9.13 Å². The number of rotatable bonds is 4. The summed E-state index contributed by atoms with van der Waals surface area (Å²) in [7, 11) is 0. The monoisotopic (exact) mass is 232 g/mol. The van der Waals surface area contributed by atoms with E-state index in [9.17, 15) is 4.39 Å². The van der Waals surface area contributed by atoms with Crippen LogP contribution in [0.3, 0.4) is 0 Å². The molecule has 3 nitrogen and oxygen atoms in total. The van der Waals surface area contributed by atoms with E-state index in [0.29, 0.717) is 17.8 Å². The molecular weight excluding hydrogens is 218 g/mol. The lowest BCUT2D eigenvalue weighted by Gasteiger charge is -2.08. The first kappa shape index (κ1) is 11.7. The molecule has 1 aromatic carbocycles. The summed E-state index contributed by atoms with van der Waals surface area (Å²) in [6.45, 7) is 4.46. The van der Waals surface area contributed by atoms with Gasteiger partial charge >= 0.3 is 0 Å². The normalized spacial score (nSPS) is 10.3. The Morgan fingerprint density at radius 1 is 1.35 bits per heavy atom. The predicted molar refractivity (Wildman–Crippen MR) is 66.4 cm³/mol. The molecule has 0 amide bonds. The first-order valence-corrected chi connectivity index (χ1v) is 5.57. The van der Waals surface area contributed by atoms with Crippen molar-refractivity contribution in [2.24, 2.45) is 0 Å². The van der Waals surface area contributed by atoms with Gasteiger partial charge in [-0.15, -0.1) is 0 Å². The number of nitrogens with one attached hydrogen (secondary N) is 1. The first-order chi connectivity index (χ1) is 8.16. The van der Waals surface area contributed by atoms with Gasteiger partial charge in [-0.3, -0.25) is 5.10 Å². The van der Waals surface area contributed by atoms with Gasteiger partial charge in [-0.05, 0) is 17.6 Å². The minimum absolute atomic E-state index is 0.177. The van der Waals surface area contributed by atoms with Crippen molar-refractivity contribution in [2.45, 2.75) is 20.3 Å². The van der Waals surface area contributed by atoms with Crippen LogP contribution in [0.15, 0.2) is 30.5 Å². The first-order valence-electron chi connectivity index (χ1n) is 5.57. The fourth-order valence-corrected chi connectivity index (χ4v) is 1.59. The maximum atomic E-state index is 13.7. The van der Waals surface area contributed by atoms with Gasteiger partial charge in [0.05, 0.1) is 5.69 Å². The molecule has 0 bridgehead atoms. The van der Waals surface area contributed by atoms with Crippen molar-refractivity contribution in [1.82, 2.24) is 10.2 Å². The summed E-state index contributed by atoms with van der Waals surface area (Å²) in [5.74, 6) is 0.309. The fourth-order valence-electron chi connectivity index (χ4n) is 1.59. The van der Waals surface area contributed by atoms with Gasteiger partial charge in [-0.25, -0.2) is 4.39 Å².